The van der Waals surface area contributed by atoms with Crippen LogP contribution >= 0.6 is 10.2 Å². The maximum atomic E-state index is 4.09. The van der Waals surface area contributed by atoms with Crippen LogP contribution in [0.25, 0.3) is 0 Å². The van der Waals surface area contributed by atoms with Crippen molar-refractivity contribution >= 4 is 10.2 Å². The zero-order valence-corrected chi connectivity index (χ0v) is 8.57. The fourth-order valence-electron chi connectivity index (χ4n) is 0.906. The van der Waals surface area contributed by atoms with Crippen molar-refractivity contribution in [3.63, 3.8) is 0 Å². The summed E-state index contributed by atoms with van der Waals surface area (Å²) in [5, 5.41) is 8.11. The van der Waals surface area contributed by atoms with Crippen LogP contribution in [0.15, 0.2) is 0 Å². The van der Waals surface area contributed by atoms with E-state index in [0.29, 0.717) is 0 Å². The summed E-state index contributed by atoms with van der Waals surface area (Å²) in [6.45, 7) is 4.05. The van der Waals surface area contributed by atoms with Crippen LogP contribution in [-0.4, -0.2) is 33.2 Å². The van der Waals surface area contributed by atoms with Crippen LogP contribution in [0.5, 0.6) is 0 Å². The number of rotatable bonds is 1. The Labute approximate surface area is 69.2 Å². The van der Waals surface area contributed by atoms with E-state index in [1.807, 2.05) is 11.0 Å². The van der Waals surface area contributed by atoms with Gasteiger partial charge in [0.05, 0.1) is 11.4 Å². The van der Waals surface area contributed by atoms with Gasteiger partial charge in [0, 0.05) is 0 Å². The Bertz CT molecular complexity index is 259. The van der Waals surface area contributed by atoms with Crippen LogP contribution in [-0.2, 0) is 0 Å². The molecule has 0 bridgehead atoms. The maximum absolute atomic E-state index is 4.09. The molecule has 0 aliphatic heterocycles. The summed E-state index contributed by atoms with van der Waals surface area (Å²) in [6.07, 6.45) is 6.61. The smallest absolute Gasteiger partial charge is 0.0836 e. The molecule has 0 unspecified atom stereocenters. The number of aromatic nitrogens is 3. The van der Waals surface area contributed by atoms with Crippen LogP contribution in [0.3, 0.4) is 0 Å². The normalized spacial score (nSPS) is 13.5. The third-order valence-electron chi connectivity index (χ3n) is 1.61. The van der Waals surface area contributed by atoms with Gasteiger partial charge in [0.2, 0.25) is 0 Å². The van der Waals surface area contributed by atoms with Crippen LogP contribution in [0.4, 0.5) is 0 Å². The Morgan fingerprint density at radius 1 is 1.18 bits per heavy atom. The van der Waals surface area contributed by atoms with Crippen molar-refractivity contribution < 1.29 is 0 Å². The second-order valence-corrected chi connectivity index (χ2v) is 7.30. The lowest BCUT2D eigenvalue weighted by Crippen LogP contribution is -2.09. The molecule has 1 rings (SSSR count). The van der Waals surface area contributed by atoms with Gasteiger partial charge in [0.1, 0.15) is 0 Å². The number of hydrogen-bond acceptors (Lipinski definition) is 2. The van der Waals surface area contributed by atoms with Gasteiger partial charge in [-0.3, -0.25) is 0 Å². The number of nitrogens with zero attached hydrogens (tertiary/aromatic N) is 3. The highest BCUT2D eigenvalue weighted by atomic mass is 32.3. The fraction of sp³-hybridized carbons (Fsp3) is 0.714. The van der Waals surface area contributed by atoms with E-state index in [0.717, 1.165) is 5.69 Å². The first-order chi connectivity index (χ1) is 4.93. The molecule has 1 aromatic heterocycles. The zero-order chi connectivity index (χ0) is 8.65. The second-order valence-electron chi connectivity index (χ2n) is 3.41. The minimum absolute atomic E-state index is 0.770. The largest absolute Gasteiger partial charge is 0.211 e. The summed E-state index contributed by atoms with van der Waals surface area (Å²) in [5.74, 6) is 0. The van der Waals surface area contributed by atoms with Gasteiger partial charge in [0.15, 0.2) is 0 Å². The average Bonchev–Trinajstić information content (AvgIpc) is 2.11. The Morgan fingerprint density at radius 3 is 1.91 bits per heavy atom. The van der Waals surface area contributed by atoms with Crippen molar-refractivity contribution in [2.45, 2.75) is 13.8 Å². The number of aryl methyl sites for hydroxylation is 1. The van der Waals surface area contributed by atoms with Gasteiger partial charge in [-0.15, -0.1) is 5.10 Å². The van der Waals surface area contributed by atoms with Crippen molar-refractivity contribution in [2.24, 2.45) is 0 Å². The molecule has 11 heavy (non-hydrogen) atoms. The van der Waals surface area contributed by atoms with Crippen molar-refractivity contribution in [3.05, 3.63) is 11.4 Å². The summed E-state index contributed by atoms with van der Waals surface area (Å²) < 4.78 is 2.03. The summed E-state index contributed by atoms with van der Waals surface area (Å²) in [6, 6.07) is 0. The average molecular weight is 173 g/mol. The predicted molar refractivity (Wildman–Crippen MR) is 50.3 cm³/mol. The Morgan fingerprint density at radius 2 is 1.73 bits per heavy atom. The van der Waals surface area contributed by atoms with Gasteiger partial charge < -0.3 is 0 Å². The van der Waals surface area contributed by atoms with Gasteiger partial charge in [0.25, 0.3) is 0 Å². The van der Waals surface area contributed by atoms with Crippen molar-refractivity contribution in [3.8, 4) is 0 Å². The second kappa shape index (κ2) is 2.52. The molecule has 0 N–H and O–H groups in total. The molecule has 0 fully saturated rings. The molecular formula is C7H15N3S. The highest BCUT2D eigenvalue weighted by Gasteiger charge is 2.12. The van der Waals surface area contributed by atoms with E-state index >= 15 is 0 Å². The number of hydrogen-bond donors (Lipinski definition) is 0. The lowest BCUT2D eigenvalue weighted by atomic mass is 10.4. The Balaban J connectivity index is 3.15. The molecule has 0 amide bonds. The Hall–Kier alpha value is -0.510. The van der Waals surface area contributed by atoms with Crippen LogP contribution in [0.2, 0.25) is 0 Å². The van der Waals surface area contributed by atoms with Gasteiger partial charge in [-0.25, -0.2) is 4.09 Å². The van der Waals surface area contributed by atoms with Gasteiger partial charge in [-0.05, 0) is 32.6 Å². The zero-order valence-electron chi connectivity index (χ0n) is 7.75. The molecule has 0 atom stereocenters. The van der Waals surface area contributed by atoms with E-state index in [1.165, 1.54) is 5.69 Å². The molecule has 0 saturated heterocycles. The molecule has 0 aromatic carbocycles. The first kappa shape index (κ1) is 8.59. The van der Waals surface area contributed by atoms with E-state index in [-0.39, 0.29) is 0 Å². The first-order valence-electron chi connectivity index (χ1n) is 3.50. The van der Waals surface area contributed by atoms with E-state index < -0.39 is 10.2 Å². The first-order valence-corrected chi connectivity index (χ1v) is 6.32. The molecule has 0 radical (unpaired) electrons. The quantitative estimate of drug-likeness (QED) is 0.642. The summed E-state index contributed by atoms with van der Waals surface area (Å²) >= 11 is 0. The van der Waals surface area contributed by atoms with Crippen molar-refractivity contribution in [2.75, 3.05) is 18.8 Å². The van der Waals surface area contributed by atoms with E-state index in [9.17, 15) is 0 Å². The fourth-order valence-corrected chi connectivity index (χ4v) is 2.12. The molecular weight excluding hydrogens is 158 g/mol. The minimum Gasteiger partial charge on any atom is -0.211 e. The molecule has 0 saturated carbocycles. The third kappa shape index (κ3) is 1.56. The van der Waals surface area contributed by atoms with Crippen molar-refractivity contribution in [1.82, 2.24) is 14.4 Å². The molecule has 3 nitrogen and oxygen atoms in total. The minimum atomic E-state index is -0.770. The molecule has 4 heteroatoms. The van der Waals surface area contributed by atoms with Gasteiger partial charge >= 0.3 is 0 Å². The Kier molecular flexibility index (Phi) is 1.96. The van der Waals surface area contributed by atoms with Gasteiger partial charge in [-0.1, -0.05) is 5.21 Å². The summed E-state index contributed by atoms with van der Waals surface area (Å²) in [4.78, 5) is 0. The van der Waals surface area contributed by atoms with Crippen LogP contribution < -0.4 is 0 Å². The topological polar surface area (TPSA) is 30.7 Å². The molecule has 64 valence electrons. The maximum Gasteiger partial charge on any atom is 0.0836 e. The highest BCUT2D eigenvalue weighted by molar-refractivity contribution is 8.30. The lowest BCUT2D eigenvalue weighted by molar-refractivity contribution is 0.862. The molecule has 0 spiro atoms. The van der Waals surface area contributed by atoms with E-state index in [1.54, 1.807) is 0 Å². The molecule has 1 aromatic rings. The molecule has 0 aliphatic rings. The lowest BCUT2D eigenvalue weighted by Gasteiger charge is -2.26. The van der Waals surface area contributed by atoms with Gasteiger partial charge in [-0.2, -0.15) is 10.2 Å². The van der Waals surface area contributed by atoms with Crippen LogP contribution in [0.1, 0.15) is 11.4 Å². The SMILES string of the molecule is Cc1nnn(S(C)(C)C)c1C. The molecule has 0 aliphatic carbocycles. The monoisotopic (exact) mass is 173 g/mol. The summed E-state index contributed by atoms with van der Waals surface area (Å²) in [7, 11) is -0.770. The van der Waals surface area contributed by atoms with Crippen LogP contribution in [0, 0.1) is 13.8 Å². The summed E-state index contributed by atoms with van der Waals surface area (Å²) in [5.41, 5.74) is 2.22. The highest BCUT2D eigenvalue weighted by Crippen LogP contribution is 2.36. The standard InChI is InChI=1S/C7H15N3S/c1-6-7(2)10(9-8-6)11(3,4)5/h1-5H3. The predicted octanol–water partition coefficient (Wildman–Crippen LogP) is 1.35. The third-order valence-corrected chi connectivity index (χ3v) is 2.99. The van der Waals surface area contributed by atoms with Crippen molar-refractivity contribution in [1.29, 1.82) is 0 Å². The van der Waals surface area contributed by atoms with E-state index in [2.05, 4.69) is 36.0 Å². The molecule has 1 heterocycles. The van der Waals surface area contributed by atoms with E-state index in [4.69, 9.17) is 0 Å².